The first-order chi connectivity index (χ1) is 13.2. The Hall–Kier alpha value is -3.10. The van der Waals surface area contributed by atoms with Gasteiger partial charge in [-0.1, -0.05) is 12.1 Å². The third kappa shape index (κ3) is 4.08. The molecule has 0 N–H and O–H groups in total. The lowest BCUT2D eigenvalue weighted by Gasteiger charge is -2.40. The molecule has 0 unspecified atom stereocenters. The number of ether oxygens (including phenoxy) is 1. The smallest absolute Gasteiger partial charge is 0.423 e. The molecule has 0 bridgehead atoms. The summed E-state index contributed by atoms with van der Waals surface area (Å²) in [7, 11) is 1.35. The molecule has 0 atom stereocenters. The minimum Gasteiger partial charge on any atom is -0.469 e. The molecular formula is C19H17F3N2O4. The van der Waals surface area contributed by atoms with Crippen LogP contribution in [0.2, 0.25) is 0 Å². The number of benzene rings is 2. The fourth-order valence-corrected chi connectivity index (χ4v) is 3.20. The van der Waals surface area contributed by atoms with Gasteiger partial charge >= 0.3 is 12.1 Å². The number of hydrogen-bond acceptors (Lipinski definition) is 5. The van der Waals surface area contributed by atoms with Crippen LogP contribution in [0.5, 0.6) is 0 Å². The van der Waals surface area contributed by atoms with Crippen LogP contribution in [0.4, 0.5) is 24.5 Å². The van der Waals surface area contributed by atoms with Crippen molar-refractivity contribution in [3.05, 3.63) is 58.1 Å². The van der Waals surface area contributed by atoms with Gasteiger partial charge in [0.15, 0.2) is 0 Å². The lowest BCUT2D eigenvalue weighted by atomic mass is 9.95. The summed E-state index contributed by atoms with van der Waals surface area (Å²) >= 11 is 0. The monoisotopic (exact) mass is 394 g/mol. The molecule has 0 saturated carbocycles. The molecule has 148 valence electrons. The lowest BCUT2D eigenvalue weighted by Crippen LogP contribution is -2.47. The van der Waals surface area contributed by atoms with Gasteiger partial charge in [-0.05, 0) is 35.4 Å². The van der Waals surface area contributed by atoms with Crippen LogP contribution in [0.3, 0.4) is 0 Å². The van der Waals surface area contributed by atoms with Gasteiger partial charge in [-0.2, -0.15) is 13.2 Å². The van der Waals surface area contributed by atoms with E-state index in [0.717, 1.165) is 17.8 Å². The average Bonchev–Trinajstić information content (AvgIpc) is 2.63. The number of methoxy groups -OCH3 is 1. The highest BCUT2D eigenvalue weighted by Crippen LogP contribution is 2.39. The molecule has 1 heterocycles. The summed E-state index contributed by atoms with van der Waals surface area (Å²) < 4.78 is 44.0. The SMILES string of the molecule is COC(=O)CC1CN(c2ccc(-c3ccc([N+](=O)[O-])c(C(F)(F)F)c3)cc2)C1. The Morgan fingerprint density at radius 2 is 1.79 bits per heavy atom. The molecule has 1 aliphatic rings. The Morgan fingerprint density at radius 3 is 2.32 bits per heavy atom. The Morgan fingerprint density at radius 1 is 1.18 bits per heavy atom. The van der Waals surface area contributed by atoms with Crippen molar-refractivity contribution in [3.63, 3.8) is 0 Å². The number of halogens is 3. The second-order valence-corrected chi connectivity index (χ2v) is 6.58. The molecule has 1 fully saturated rings. The van der Waals surface area contributed by atoms with Gasteiger partial charge in [0.2, 0.25) is 0 Å². The van der Waals surface area contributed by atoms with Crippen LogP contribution in [-0.4, -0.2) is 31.1 Å². The zero-order valence-electron chi connectivity index (χ0n) is 14.9. The van der Waals surface area contributed by atoms with E-state index in [0.29, 0.717) is 25.1 Å². The van der Waals surface area contributed by atoms with Gasteiger partial charge in [0, 0.05) is 30.8 Å². The predicted molar refractivity (Wildman–Crippen MR) is 95.9 cm³/mol. The van der Waals surface area contributed by atoms with Crippen LogP contribution in [0.25, 0.3) is 11.1 Å². The van der Waals surface area contributed by atoms with Crippen molar-refractivity contribution >= 4 is 17.3 Å². The number of carbonyl (C=O) groups excluding carboxylic acids is 1. The Kier molecular flexibility index (Phi) is 5.26. The van der Waals surface area contributed by atoms with E-state index < -0.39 is 22.4 Å². The number of anilines is 1. The van der Waals surface area contributed by atoms with Crippen molar-refractivity contribution in [3.8, 4) is 11.1 Å². The largest absolute Gasteiger partial charge is 0.469 e. The first-order valence-corrected chi connectivity index (χ1v) is 8.47. The first-order valence-electron chi connectivity index (χ1n) is 8.47. The van der Waals surface area contributed by atoms with E-state index in [1.54, 1.807) is 24.3 Å². The first kappa shape index (κ1) is 19.7. The van der Waals surface area contributed by atoms with E-state index in [1.165, 1.54) is 13.2 Å². The zero-order valence-corrected chi connectivity index (χ0v) is 14.9. The summed E-state index contributed by atoms with van der Waals surface area (Å²) in [6.45, 7) is 1.40. The van der Waals surface area contributed by atoms with E-state index in [-0.39, 0.29) is 17.5 Å². The number of rotatable bonds is 5. The molecule has 2 aromatic rings. The lowest BCUT2D eigenvalue weighted by molar-refractivity contribution is -0.388. The molecule has 28 heavy (non-hydrogen) atoms. The van der Waals surface area contributed by atoms with Gasteiger partial charge in [-0.15, -0.1) is 0 Å². The van der Waals surface area contributed by atoms with Gasteiger partial charge in [0.1, 0.15) is 5.56 Å². The Bertz CT molecular complexity index is 891. The summed E-state index contributed by atoms with van der Waals surface area (Å²) in [6, 6.07) is 9.87. The van der Waals surface area contributed by atoms with E-state index in [9.17, 15) is 28.1 Å². The van der Waals surface area contributed by atoms with Crippen LogP contribution in [-0.2, 0) is 15.7 Å². The second kappa shape index (κ2) is 7.49. The van der Waals surface area contributed by atoms with Crippen LogP contribution in [0.1, 0.15) is 12.0 Å². The quantitative estimate of drug-likeness (QED) is 0.430. The maximum atomic E-state index is 13.1. The molecule has 1 aliphatic heterocycles. The van der Waals surface area contributed by atoms with Crippen molar-refractivity contribution in [1.29, 1.82) is 0 Å². The number of nitro benzene ring substituents is 1. The zero-order chi connectivity index (χ0) is 20.5. The van der Waals surface area contributed by atoms with E-state index in [4.69, 9.17) is 0 Å². The molecule has 1 saturated heterocycles. The number of nitrogens with zero attached hydrogens (tertiary/aromatic N) is 2. The van der Waals surface area contributed by atoms with Gasteiger partial charge < -0.3 is 9.64 Å². The maximum Gasteiger partial charge on any atom is 0.423 e. The standard InChI is InChI=1S/C19H17F3N2O4/c1-28-18(25)8-12-10-23(11-12)15-5-2-13(3-6-15)14-4-7-17(24(26)27)16(9-14)19(20,21)22/h2-7,9,12H,8,10-11H2,1H3. The minimum atomic E-state index is -4.81. The average molecular weight is 394 g/mol. The molecule has 0 aromatic heterocycles. The number of carbonyl (C=O) groups is 1. The van der Waals surface area contributed by atoms with Crippen molar-refractivity contribution in [1.82, 2.24) is 0 Å². The van der Waals surface area contributed by atoms with Crippen LogP contribution in [0.15, 0.2) is 42.5 Å². The van der Waals surface area contributed by atoms with Crippen molar-refractivity contribution in [2.45, 2.75) is 12.6 Å². The van der Waals surface area contributed by atoms with Crippen LogP contribution >= 0.6 is 0 Å². The topological polar surface area (TPSA) is 72.7 Å². The molecule has 9 heteroatoms. The summed E-state index contributed by atoms with van der Waals surface area (Å²) in [5.41, 5.74) is -0.576. The van der Waals surface area contributed by atoms with Crippen LogP contribution < -0.4 is 4.90 Å². The molecule has 2 aromatic carbocycles. The molecule has 6 nitrogen and oxygen atoms in total. The minimum absolute atomic E-state index is 0.219. The number of esters is 1. The highest BCUT2D eigenvalue weighted by molar-refractivity contribution is 5.71. The van der Waals surface area contributed by atoms with Crippen LogP contribution in [0, 0.1) is 16.0 Å². The van der Waals surface area contributed by atoms with Crippen molar-refractivity contribution in [2.24, 2.45) is 5.92 Å². The summed E-state index contributed by atoms with van der Waals surface area (Å²) in [6.07, 6.45) is -4.46. The molecule has 0 radical (unpaired) electrons. The molecule has 0 spiro atoms. The summed E-state index contributed by atoms with van der Waals surface area (Å²) in [4.78, 5) is 23.1. The Balaban J connectivity index is 1.76. The van der Waals surface area contributed by atoms with Crippen molar-refractivity contribution < 1.29 is 27.6 Å². The Labute approximate surface area is 158 Å². The van der Waals surface area contributed by atoms with E-state index in [2.05, 4.69) is 4.74 Å². The molecule has 0 amide bonds. The second-order valence-electron chi connectivity index (χ2n) is 6.58. The normalized spacial score (nSPS) is 14.5. The molecular weight excluding hydrogens is 377 g/mol. The third-order valence-corrected chi connectivity index (χ3v) is 4.70. The fraction of sp³-hybridized carbons (Fsp3) is 0.316. The van der Waals surface area contributed by atoms with E-state index >= 15 is 0 Å². The van der Waals surface area contributed by atoms with E-state index in [1.807, 2.05) is 4.90 Å². The highest BCUT2D eigenvalue weighted by Gasteiger charge is 2.38. The van der Waals surface area contributed by atoms with Gasteiger partial charge in [0.25, 0.3) is 5.69 Å². The predicted octanol–water partition coefficient (Wildman–Crippen LogP) is 4.28. The van der Waals surface area contributed by atoms with Gasteiger partial charge in [0.05, 0.1) is 18.5 Å². The summed E-state index contributed by atoms with van der Waals surface area (Å²) in [5, 5.41) is 10.9. The maximum absolute atomic E-state index is 13.1. The van der Waals surface area contributed by atoms with Gasteiger partial charge in [-0.25, -0.2) is 0 Å². The molecule has 3 rings (SSSR count). The number of nitro groups is 1. The van der Waals surface area contributed by atoms with Crippen molar-refractivity contribution in [2.75, 3.05) is 25.1 Å². The number of alkyl halides is 3. The number of hydrogen-bond donors (Lipinski definition) is 0. The fourth-order valence-electron chi connectivity index (χ4n) is 3.20. The van der Waals surface area contributed by atoms with Gasteiger partial charge in [-0.3, -0.25) is 14.9 Å². The summed E-state index contributed by atoms with van der Waals surface area (Å²) in [5.74, 6) is -0.0326. The highest BCUT2D eigenvalue weighted by atomic mass is 19.4. The molecule has 0 aliphatic carbocycles. The third-order valence-electron chi connectivity index (χ3n) is 4.70.